The van der Waals surface area contributed by atoms with Crippen molar-refractivity contribution in [3.05, 3.63) is 45.1 Å². The number of hydrogen-bond acceptors (Lipinski definition) is 6. The summed E-state index contributed by atoms with van der Waals surface area (Å²) >= 11 is 3.06. The minimum atomic E-state index is -0.451. The number of para-hydroxylation sites is 1. The van der Waals surface area contributed by atoms with Gasteiger partial charge in [-0.3, -0.25) is 14.3 Å². The van der Waals surface area contributed by atoms with Crippen molar-refractivity contribution in [3.8, 4) is 0 Å². The van der Waals surface area contributed by atoms with Crippen LogP contribution in [-0.4, -0.2) is 24.1 Å². The van der Waals surface area contributed by atoms with Gasteiger partial charge in [0.2, 0.25) is 0 Å². The zero-order valence-electron chi connectivity index (χ0n) is 17.2. The lowest BCUT2D eigenvalue weighted by Gasteiger charge is -2.07. The number of aromatic nitrogens is 5. The summed E-state index contributed by atoms with van der Waals surface area (Å²) in [5, 5.41) is 0.698. The van der Waals surface area contributed by atoms with Crippen LogP contribution in [0.25, 0.3) is 21.4 Å². The monoisotopic (exact) mass is 443 g/mol. The molecule has 4 rings (SSSR count). The molecular weight excluding hydrogens is 418 g/mol. The van der Waals surface area contributed by atoms with Crippen molar-refractivity contribution >= 4 is 44.5 Å². The van der Waals surface area contributed by atoms with Crippen molar-refractivity contribution in [2.24, 2.45) is 7.05 Å². The number of hydrogen-bond donors (Lipinski definition) is 1. The Morgan fingerprint density at radius 1 is 1.07 bits per heavy atom. The van der Waals surface area contributed by atoms with Crippen molar-refractivity contribution in [2.45, 2.75) is 61.5 Å². The molecule has 0 fully saturated rings. The molecule has 7 nitrogen and oxygen atoms in total. The van der Waals surface area contributed by atoms with E-state index in [1.807, 2.05) is 28.8 Å². The van der Waals surface area contributed by atoms with E-state index in [1.165, 1.54) is 42.0 Å². The van der Waals surface area contributed by atoms with E-state index < -0.39 is 5.69 Å². The fourth-order valence-electron chi connectivity index (χ4n) is 3.52. The highest BCUT2D eigenvalue weighted by Crippen LogP contribution is 2.35. The second-order valence-electron chi connectivity index (χ2n) is 7.35. The fourth-order valence-corrected chi connectivity index (χ4v) is 5.60. The Morgan fingerprint density at radius 3 is 2.63 bits per heavy atom. The fraction of sp³-hybridized carbons (Fsp3) is 0.429. The molecule has 0 unspecified atom stereocenters. The molecule has 30 heavy (non-hydrogen) atoms. The largest absolute Gasteiger partial charge is 0.329 e. The topological polar surface area (TPSA) is 85.6 Å². The lowest BCUT2D eigenvalue weighted by molar-refractivity contribution is 0.544. The Hall–Kier alpha value is -2.39. The first kappa shape index (κ1) is 20.9. The molecule has 1 N–H and O–H groups in total. The van der Waals surface area contributed by atoms with Gasteiger partial charge in [0.15, 0.2) is 20.7 Å². The minimum Gasteiger partial charge on any atom is -0.313 e. The minimum absolute atomic E-state index is 0.386. The number of unbranched alkanes of at least 4 members (excludes halogenated alkanes) is 5. The van der Waals surface area contributed by atoms with Crippen LogP contribution in [0.4, 0.5) is 0 Å². The number of imidazole rings is 1. The summed E-state index contributed by atoms with van der Waals surface area (Å²) in [5.74, 6) is 0. The number of thiazole rings is 1. The van der Waals surface area contributed by atoms with E-state index in [2.05, 4.69) is 21.9 Å². The van der Waals surface area contributed by atoms with Gasteiger partial charge in [-0.05, 0) is 30.3 Å². The molecule has 158 valence electrons. The van der Waals surface area contributed by atoms with Crippen molar-refractivity contribution in [1.29, 1.82) is 0 Å². The highest BCUT2D eigenvalue weighted by Gasteiger charge is 2.19. The summed E-state index contributed by atoms with van der Waals surface area (Å²) in [6.07, 6.45) is 6.98. The molecule has 0 aliphatic rings. The van der Waals surface area contributed by atoms with E-state index in [1.54, 1.807) is 18.4 Å². The Bertz CT molecular complexity index is 1250. The van der Waals surface area contributed by atoms with Crippen LogP contribution in [-0.2, 0) is 13.6 Å². The zero-order chi connectivity index (χ0) is 21.1. The van der Waals surface area contributed by atoms with Crippen LogP contribution in [0.15, 0.2) is 43.4 Å². The first-order chi connectivity index (χ1) is 14.6. The Kier molecular flexibility index (Phi) is 6.38. The second kappa shape index (κ2) is 9.18. The van der Waals surface area contributed by atoms with E-state index in [9.17, 15) is 9.59 Å². The first-order valence-corrected chi connectivity index (χ1v) is 11.9. The van der Waals surface area contributed by atoms with Gasteiger partial charge < -0.3 is 4.57 Å². The number of rotatable bonds is 9. The molecule has 4 aromatic rings. The van der Waals surface area contributed by atoms with Gasteiger partial charge in [-0.25, -0.2) is 14.8 Å². The van der Waals surface area contributed by atoms with Crippen molar-refractivity contribution in [3.63, 3.8) is 0 Å². The molecule has 0 radical (unpaired) electrons. The SMILES string of the molecule is CCCCCCCCn1c(Sc2nc3ccccc3s2)nc2c1c(=O)[nH]c(=O)n2C. The van der Waals surface area contributed by atoms with Crippen LogP contribution in [0.5, 0.6) is 0 Å². The van der Waals surface area contributed by atoms with Gasteiger partial charge >= 0.3 is 5.69 Å². The van der Waals surface area contributed by atoms with Crippen molar-refractivity contribution in [2.75, 3.05) is 0 Å². The molecule has 0 saturated heterocycles. The second-order valence-corrected chi connectivity index (χ2v) is 9.60. The van der Waals surface area contributed by atoms with Gasteiger partial charge in [-0.15, -0.1) is 11.3 Å². The maximum absolute atomic E-state index is 12.6. The maximum Gasteiger partial charge on any atom is 0.329 e. The first-order valence-electron chi connectivity index (χ1n) is 10.3. The zero-order valence-corrected chi connectivity index (χ0v) is 18.8. The van der Waals surface area contributed by atoms with Crippen LogP contribution in [0.3, 0.4) is 0 Å². The van der Waals surface area contributed by atoms with Crippen molar-refractivity contribution < 1.29 is 0 Å². The summed E-state index contributed by atoms with van der Waals surface area (Å²) in [6.45, 7) is 2.90. The summed E-state index contributed by atoms with van der Waals surface area (Å²) in [6, 6.07) is 8.01. The van der Waals surface area contributed by atoms with E-state index in [4.69, 9.17) is 0 Å². The summed E-state index contributed by atoms with van der Waals surface area (Å²) in [5.41, 5.74) is 0.984. The highest BCUT2D eigenvalue weighted by molar-refractivity contribution is 8.01. The number of H-pyrrole nitrogens is 1. The molecular formula is C21H25N5O2S2. The van der Waals surface area contributed by atoms with E-state index in [0.717, 1.165) is 27.4 Å². The lowest BCUT2D eigenvalue weighted by atomic mass is 10.1. The van der Waals surface area contributed by atoms with Gasteiger partial charge in [0.1, 0.15) is 0 Å². The highest BCUT2D eigenvalue weighted by atomic mass is 32.2. The molecule has 9 heteroatoms. The average molecular weight is 444 g/mol. The number of nitrogens with one attached hydrogen (secondary N) is 1. The van der Waals surface area contributed by atoms with Crippen molar-refractivity contribution in [1.82, 2.24) is 24.1 Å². The van der Waals surface area contributed by atoms with E-state index >= 15 is 0 Å². The summed E-state index contributed by atoms with van der Waals surface area (Å²) in [7, 11) is 1.63. The standard InChI is InChI=1S/C21H25N5O2S2/c1-3-4-5-6-7-10-13-26-16-17(25(2)19(28)24-18(16)27)23-20(26)30-21-22-14-11-8-9-12-15(14)29-21/h8-9,11-12H,3-7,10,13H2,1-2H3,(H,24,27,28). The Balaban J connectivity index is 1.68. The molecule has 0 aliphatic carbocycles. The summed E-state index contributed by atoms with van der Waals surface area (Å²) in [4.78, 5) is 36.4. The average Bonchev–Trinajstić information content (AvgIpc) is 3.30. The van der Waals surface area contributed by atoms with Crippen LogP contribution in [0.2, 0.25) is 0 Å². The Labute approximate surface area is 182 Å². The number of benzene rings is 1. The van der Waals surface area contributed by atoms with Gasteiger partial charge in [0, 0.05) is 13.6 Å². The van der Waals surface area contributed by atoms with Crippen LogP contribution in [0.1, 0.15) is 45.4 Å². The molecule has 3 aromatic heterocycles. The molecule has 3 heterocycles. The third-order valence-electron chi connectivity index (χ3n) is 5.16. The van der Waals surface area contributed by atoms with Gasteiger partial charge in [0.25, 0.3) is 5.56 Å². The van der Waals surface area contributed by atoms with E-state index in [-0.39, 0.29) is 5.56 Å². The van der Waals surface area contributed by atoms with E-state index in [0.29, 0.717) is 22.9 Å². The molecule has 0 aliphatic heterocycles. The molecule has 1 aromatic carbocycles. The molecule has 0 spiro atoms. The maximum atomic E-state index is 12.6. The smallest absolute Gasteiger partial charge is 0.313 e. The molecule has 0 amide bonds. The van der Waals surface area contributed by atoms with Crippen LogP contribution in [0, 0.1) is 0 Å². The lowest BCUT2D eigenvalue weighted by Crippen LogP contribution is -2.29. The van der Waals surface area contributed by atoms with Crippen LogP contribution >= 0.6 is 23.1 Å². The number of aromatic amines is 1. The van der Waals surface area contributed by atoms with Gasteiger partial charge in [-0.2, -0.15) is 0 Å². The molecule has 0 atom stereocenters. The number of nitrogens with zero attached hydrogens (tertiary/aromatic N) is 4. The molecule has 0 saturated carbocycles. The normalized spacial score (nSPS) is 11.7. The number of fused-ring (bicyclic) bond motifs is 2. The quantitative estimate of drug-likeness (QED) is 0.384. The summed E-state index contributed by atoms with van der Waals surface area (Å²) < 4.78 is 5.34. The van der Waals surface area contributed by atoms with Gasteiger partial charge in [0.05, 0.1) is 10.2 Å². The predicted molar refractivity (Wildman–Crippen MR) is 123 cm³/mol. The third-order valence-corrected chi connectivity index (χ3v) is 7.25. The molecule has 0 bridgehead atoms. The van der Waals surface area contributed by atoms with Crippen LogP contribution < -0.4 is 11.2 Å². The third kappa shape index (κ3) is 4.22. The van der Waals surface area contributed by atoms with Gasteiger partial charge in [-0.1, -0.05) is 51.2 Å². The Morgan fingerprint density at radius 2 is 1.83 bits per heavy atom. The predicted octanol–water partition coefficient (Wildman–Crippen LogP) is 4.54. The number of aryl methyl sites for hydroxylation is 2.